The van der Waals surface area contributed by atoms with Crippen LogP contribution in [0.3, 0.4) is 0 Å². The van der Waals surface area contributed by atoms with E-state index in [-0.39, 0.29) is 16.8 Å². The van der Waals surface area contributed by atoms with E-state index in [2.05, 4.69) is 6.92 Å². The van der Waals surface area contributed by atoms with Gasteiger partial charge in [0, 0.05) is 11.8 Å². The largest absolute Gasteiger partial charge is 0.494 e. The van der Waals surface area contributed by atoms with Gasteiger partial charge in [-0.25, -0.2) is 9.59 Å². The van der Waals surface area contributed by atoms with Gasteiger partial charge in [-0.3, -0.25) is 10.1 Å². The van der Waals surface area contributed by atoms with E-state index in [1.54, 1.807) is 12.1 Å². The summed E-state index contributed by atoms with van der Waals surface area (Å²) in [5.74, 6) is -1.41. The minimum absolute atomic E-state index is 0.109. The van der Waals surface area contributed by atoms with Gasteiger partial charge < -0.3 is 25.4 Å². The Labute approximate surface area is 185 Å². The molecule has 0 atom stereocenters. The van der Waals surface area contributed by atoms with Crippen LogP contribution in [0.5, 0.6) is 11.5 Å². The van der Waals surface area contributed by atoms with Crippen LogP contribution in [-0.4, -0.2) is 40.3 Å². The van der Waals surface area contributed by atoms with Gasteiger partial charge in [0.2, 0.25) is 0 Å². The van der Waals surface area contributed by atoms with Crippen molar-refractivity contribution in [3.63, 3.8) is 0 Å². The number of nitrogens with two attached hydrogens (primary N) is 1. The predicted octanol–water partition coefficient (Wildman–Crippen LogP) is 4.62. The second-order valence-corrected chi connectivity index (χ2v) is 6.70. The number of carboxylic acids is 2. The molecule has 0 aliphatic rings. The first-order valence-corrected chi connectivity index (χ1v) is 10.1. The van der Waals surface area contributed by atoms with Crippen molar-refractivity contribution in [3.05, 3.63) is 57.6 Å². The quantitative estimate of drug-likeness (QED) is 0.193. The number of nitro groups is 1. The zero-order valence-electron chi connectivity index (χ0n) is 18.1. The van der Waals surface area contributed by atoms with Gasteiger partial charge in [-0.1, -0.05) is 26.7 Å². The molecule has 4 N–H and O–H groups in total. The molecule has 0 saturated heterocycles. The summed E-state index contributed by atoms with van der Waals surface area (Å²) in [6.07, 6.45) is 3.83. The summed E-state index contributed by atoms with van der Waals surface area (Å²) in [4.78, 5) is 31.4. The van der Waals surface area contributed by atoms with Gasteiger partial charge in [-0.2, -0.15) is 0 Å². The molecule has 0 amide bonds. The fourth-order valence-electron chi connectivity index (χ4n) is 2.43. The van der Waals surface area contributed by atoms with Gasteiger partial charge in [0.15, 0.2) is 0 Å². The maximum Gasteiger partial charge on any atom is 0.342 e. The zero-order chi connectivity index (χ0) is 24.1. The van der Waals surface area contributed by atoms with Crippen molar-refractivity contribution in [3.8, 4) is 11.5 Å². The average Bonchev–Trinajstić information content (AvgIpc) is 2.74. The molecule has 0 aliphatic carbocycles. The van der Waals surface area contributed by atoms with Gasteiger partial charge >= 0.3 is 11.9 Å². The summed E-state index contributed by atoms with van der Waals surface area (Å²) in [7, 11) is 0. The number of nitro benzene ring substituents is 1. The number of hydrogen-bond acceptors (Lipinski definition) is 7. The highest BCUT2D eigenvalue weighted by Crippen LogP contribution is 2.25. The maximum atomic E-state index is 10.8. The Bertz CT molecular complexity index is 930. The normalized spacial score (nSPS) is 9.94. The van der Waals surface area contributed by atoms with Crippen LogP contribution in [0, 0.1) is 10.1 Å². The third-order valence-electron chi connectivity index (χ3n) is 4.18. The molecule has 2 rings (SSSR count). The Balaban J connectivity index is 0.000000323. The summed E-state index contributed by atoms with van der Waals surface area (Å²) in [5.41, 5.74) is 5.12. The van der Waals surface area contributed by atoms with Crippen LogP contribution in [0.4, 0.5) is 11.4 Å². The second kappa shape index (κ2) is 13.5. The molecule has 0 aromatic heterocycles. The van der Waals surface area contributed by atoms with E-state index in [0.717, 1.165) is 31.7 Å². The van der Waals surface area contributed by atoms with Gasteiger partial charge in [0.25, 0.3) is 5.69 Å². The monoisotopic (exact) mass is 448 g/mol. The van der Waals surface area contributed by atoms with E-state index in [1.165, 1.54) is 18.2 Å². The molecule has 10 heteroatoms. The van der Waals surface area contributed by atoms with Crippen molar-refractivity contribution in [1.82, 2.24) is 0 Å². The molecule has 2 aromatic carbocycles. The summed E-state index contributed by atoms with van der Waals surface area (Å²) in [6.45, 7) is 5.16. The molecule has 0 aliphatic heterocycles. The number of rotatable bonds is 11. The molecule has 0 unspecified atom stereocenters. The first-order chi connectivity index (χ1) is 15.2. The highest BCUT2D eigenvalue weighted by molar-refractivity contribution is 5.94. The lowest BCUT2D eigenvalue weighted by molar-refractivity contribution is -0.385. The van der Waals surface area contributed by atoms with E-state index in [0.29, 0.717) is 24.7 Å². The SMILES string of the molecule is CCCCOc1ccc(C(=O)O)c(N)c1.CCCCOc1ccc(C(=O)O)c([N+](=O)[O-])c1. The third kappa shape index (κ3) is 8.50. The Morgan fingerprint density at radius 2 is 1.38 bits per heavy atom. The van der Waals surface area contributed by atoms with Crippen molar-refractivity contribution in [2.24, 2.45) is 0 Å². The standard InChI is InChI=1S/C11H13NO5.C11H15NO3/c1-2-3-6-17-8-4-5-9(11(13)14)10(7-8)12(15)16;1-2-3-6-15-8-4-5-9(11(13)14)10(12)7-8/h4-5,7H,2-3,6H2,1H3,(H,13,14);4-5,7H,2-3,6,12H2,1H3,(H,13,14). The first kappa shape index (κ1) is 26.2. The number of nitrogen functional groups attached to an aromatic ring is 1. The Hall–Kier alpha value is -3.82. The second-order valence-electron chi connectivity index (χ2n) is 6.70. The van der Waals surface area contributed by atoms with E-state index in [1.807, 2.05) is 6.92 Å². The molecule has 0 fully saturated rings. The lowest BCUT2D eigenvalue weighted by atomic mass is 10.2. The molecule has 0 spiro atoms. The van der Waals surface area contributed by atoms with E-state index in [9.17, 15) is 19.7 Å². The number of carbonyl (C=O) groups is 2. The summed E-state index contributed by atoms with van der Waals surface area (Å²) in [6, 6.07) is 8.36. The van der Waals surface area contributed by atoms with Gasteiger partial charge in [0.05, 0.1) is 29.8 Å². The zero-order valence-corrected chi connectivity index (χ0v) is 18.1. The minimum atomic E-state index is -1.32. The number of benzene rings is 2. The van der Waals surface area contributed by atoms with Crippen LogP contribution in [0.2, 0.25) is 0 Å². The number of hydrogen-bond donors (Lipinski definition) is 3. The van der Waals surface area contributed by atoms with Gasteiger partial charge in [0.1, 0.15) is 17.1 Å². The molecule has 0 radical (unpaired) electrons. The number of ether oxygens (including phenoxy) is 2. The Morgan fingerprint density at radius 1 is 0.906 bits per heavy atom. The van der Waals surface area contributed by atoms with Crippen molar-refractivity contribution in [2.75, 3.05) is 18.9 Å². The van der Waals surface area contributed by atoms with Crippen LogP contribution in [0.25, 0.3) is 0 Å². The van der Waals surface area contributed by atoms with E-state index in [4.69, 9.17) is 25.4 Å². The number of nitrogens with zero attached hydrogens (tertiary/aromatic N) is 1. The fourth-order valence-corrected chi connectivity index (χ4v) is 2.43. The molecule has 0 saturated carbocycles. The summed E-state index contributed by atoms with van der Waals surface area (Å²) < 4.78 is 10.7. The molecular weight excluding hydrogens is 420 g/mol. The van der Waals surface area contributed by atoms with Crippen LogP contribution < -0.4 is 15.2 Å². The Morgan fingerprint density at radius 3 is 1.78 bits per heavy atom. The topological polar surface area (TPSA) is 162 Å². The molecule has 32 heavy (non-hydrogen) atoms. The number of anilines is 1. The van der Waals surface area contributed by atoms with E-state index < -0.39 is 22.5 Å². The summed E-state index contributed by atoms with van der Waals surface area (Å²) >= 11 is 0. The van der Waals surface area contributed by atoms with E-state index >= 15 is 0 Å². The fraction of sp³-hybridized carbons (Fsp3) is 0.364. The van der Waals surface area contributed by atoms with Gasteiger partial charge in [-0.15, -0.1) is 0 Å². The molecule has 10 nitrogen and oxygen atoms in total. The molecule has 0 bridgehead atoms. The Kier molecular flexibility index (Phi) is 11.0. The average molecular weight is 448 g/mol. The highest BCUT2D eigenvalue weighted by atomic mass is 16.6. The first-order valence-electron chi connectivity index (χ1n) is 10.1. The molecule has 2 aromatic rings. The predicted molar refractivity (Wildman–Crippen MR) is 119 cm³/mol. The van der Waals surface area contributed by atoms with Crippen molar-refractivity contribution in [2.45, 2.75) is 39.5 Å². The van der Waals surface area contributed by atoms with Crippen LogP contribution in [-0.2, 0) is 0 Å². The molecule has 0 heterocycles. The number of unbranched alkanes of at least 4 members (excludes halogenated alkanes) is 2. The third-order valence-corrected chi connectivity index (χ3v) is 4.18. The van der Waals surface area contributed by atoms with Crippen LogP contribution >= 0.6 is 0 Å². The minimum Gasteiger partial charge on any atom is -0.494 e. The van der Waals surface area contributed by atoms with Gasteiger partial charge in [-0.05, 0) is 37.1 Å². The number of carboxylic acid groups (broad SMARTS) is 2. The van der Waals surface area contributed by atoms with Crippen molar-refractivity contribution in [1.29, 1.82) is 0 Å². The van der Waals surface area contributed by atoms with Crippen LogP contribution in [0.1, 0.15) is 60.2 Å². The van der Waals surface area contributed by atoms with Crippen LogP contribution in [0.15, 0.2) is 36.4 Å². The van der Waals surface area contributed by atoms with Crippen molar-refractivity contribution < 1.29 is 34.2 Å². The summed E-state index contributed by atoms with van der Waals surface area (Å²) in [5, 5.41) is 28.2. The smallest absolute Gasteiger partial charge is 0.342 e. The lowest BCUT2D eigenvalue weighted by Crippen LogP contribution is -2.04. The number of aromatic carboxylic acids is 2. The molecule has 174 valence electrons. The lowest BCUT2D eigenvalue weighted by Gasteiger charge is -2.07. The highest BCUT2D eigenvalue weighted by Gasteiger charge is 2.20. The van der Waals surface area contributed by atoms with Crippen molar-refractivity contribution >= 4 is 23.3 Å². The maximum absolute atomic E-state index is 10.8. The molecular formula is C22H28N2O8.